The second-order valence-corrected chi connectivity index (χ2v) is 6.52. The van der Waals surface area contributed by atoms with Crippen molar-refractivity contribution >= 4 is 17.4 Å². The van der Waals surface area contributed by atoms with Crippen molar-refractivity contribution in [1.82, 2.24) is 14.8 Å². The number of benzene rings is 1. The van der Waals surface area contributed by atoms with Gasteiger partial charge >= 0.3 is 0 Å². The first-order valence-corrected chi connectivity index (χ1v) is 7.71. The van der Waals surface area contributed by atoms with Gasteiger partial charge in [-0.15, -0.1) is 10.2 Å². The Morgan fingerprint density at radius 1 is 1.20 bits per heavy atom. The molecule has 2 aromatic rings. The first kappa shape index (κ1) is 12.2. The second kappa shape index (κ2) is 4.48. The molecule has 104 valence electrons. The molecule has 0 amide bonds. The highest BCUT2D eigenvalue weighted by Gasteiger charge is 2.36. The third kappa shape index (κ3) is 2.18. The number of hydrogen-bond acceptors (Lipinski definition) is 4. The van der Waals surface area contributed by atoms with E-state index in [1.54, 1.807) is 12.1 Å². The normalized spacial score (nSPS) is 18.4. The van der Waals surface area contributed by atoms with Crippen molar-refractivity contribution in [3.05, 3.63) is 29.8 Å². The predicted molar refractivity (Wildman–Crippen MR) is 75.2 cm³/mol. The monoisotopic (exact) mass is 290 g/mol. The number of rotatable bonds is 4. The van der Waals surface area contributed by atoms with Crippen molar-refractivity contribution in [1.29, 1.82) is 0 Å². The minimum Gasteiger partial charge on any atom is -0.399 e. The van der Waals surface area contributed by atoms with Crippen LogP contribution >= 0.6 is 11.8 Å². The van der Waals surface area contributed by atoms with Crippen LogP contribution in [0.3, 0.4) is 0 Å². The maximum Gasteiger partial charge on any atom is 0.196 e. The van der Waals surface area contributed by atoms with Crippen molar-refractivity contribution < 1.29 is 4.39 Å². The van der Waals surface area contributed by atoms with Crippen molar-refractivity contribution in [2.24, 2.45) is 0 Å². The van der Waals surface area contributed by atoms with E-state index in [1.807, 2.05) is 0 Å². The molecule has 4 rings (SSSR count). The molecule has 2 aliphatic carbocycles. The summed E-state index contributed by atoms with van der Waals surface area (Å²) in [4.78, 5) is 0.552. The zero-order valence-electron chi connectivity index (χ0n) is 10.9. The van der Waals surface area contributed by atoms with Crippen LogP contribution in [0, 0.1) is 5.82 Å². The Labute approximate surface area is 120 Å². The zero-order valence-corrected chi connectivity index (χ0v) is 11.7. The fourth-order valence-corrected chi connectivity index (χ4v) is 3.26. The number of nitrogen functional groups attached to an aromatic ring is 1. The standard InChI is InChI=1S/C14H15FN4S/c15-11-7-9(16)3-6-12(11)20-14-18-17-13(8-1-2-8)19(14)10-4-5-10/h3,6-8,10H,1-2,4-5,16H2. The summed E-state index contributed by atoms with van der Waals surface area (Å²) < 4.78 is 16.1. The lowest BCUT2D eigenvalue weighted by Gasteiger charge is -2.08. The Bertz CT molecular complexity index is 661. The Balaban J connectivity index is 1.68. The average molecular weight is 290 g/mol. The first-order chi connectivity index (χ1) is 9.72. The molecule has 2 saturated carbocycles. The molecule has 0 bridgehead atoms. The van der Waals surface area contributed by atoms with Crippen LogP contribution in [0.2, 0.25) is 0 Å². The van der Waals surface area contributed by atoms with Crippen LogP contribution < -0.4 is 5.73 Å². The minimum absolute atomic E-state index is 0.298. The summed E-state index contributed by atoms with van der Waals surface area (Å²) in [6.45, 7) is 0. The lowest BCUT2D eigenvalue weighted by Crippen LogP contribution is -2.02. The van der Waals surface area contributed by atoms with Crippen LogP contribution in [-0.2, 0) is 0 Å². The molecule has 6 heteroatoms. The molecule has 2 N–H and O–H groups in total. The van der Waals surface area contributed by atoms with Crippen molar-refractivity contribution in [2.75, 3.05) is 5.73 Å². The van der Waals surface area contributed by atoms with Crippen molar-refractivity contribution in [3.63, 3.8) is 0 Å². The van der Waals surface area contributed by atoms with Gasteiger partial charge in [0.15, 0.2) is 5.16 Å². The molecule has 1 aromatic heterocycles. The molecular formula is C14H15FN4S. The number of nitrogens with zero attached hydrogens (tertiary/aromatic N) is 3. The molecule has 0 aliphatic heterocycles. The summed E-state index contributed by atoms with van der Waals surface area (Å²) in [6, 6.07) is 5.28. The van der Waals surface area contributed by atoms with E-state index < -0.39 is 0 Å². The number of aromatic nitrogens is 3. The fraction of sp³-hybridized carbons (Fsp3) is 0.429. The van der Waals surface area contributed by atoms with Gasteiger partial charge in [-0.25, -0.2) is 4.39 Å². The Kier molecular flexibility index (Phi) is 2.73. The molecule has 0 radical (unpaired) electrons. The van der Waals surface area contributed by atoms with E-state index in [0.29, 0.717) is 22.5 Å². The van der Waals surface area contributed by atoms with Gasteiger partial charge in [-0.2, -0.15) is 0 Å². The van der Waals surface area contributed by atoms with Crippen LogP contribution in [0.15, 0.2) is 28.3 Å². The fourth-order valence-electron chi connectivity index (χ4n) is 2.35. The Morgan fingerprint density at radius 2 is 2.00 bits per heavy atom. The van der Waals surface area contributed by atoms with Gasteiger partial charge in [-0.05, 0) is 55.6 Å². The summed E-state index contributed by atoms with van der Waals surface area (Å²) in [5.74, 6) is 1.35. The van der Waals surface area contributed by atoms with Gasteiger partial charge < -0.3 is 10.3 Å². The van der Waals surface area contributed by atoms with E-state index in [2.05, 4.69) is 14.8 Å². The third-order valence-corrected chi connectivity index (χ3v) is 4.71. The third-order valence-electron chi connectivity index (χ3n) is 3.70. The number of anilines is 1. The average Bonchev–Trinajstić information content (AvgIpc) is 3.31. The number of hydrogen-bond donors (Lipinski definition) is 1. The quantitative estimate of drug-likeness (QED) is 0.877. The largest absolute Gasteiger partial charge is 0.399 e. The molecule has 1 aromatic carbocycles. The van der Waals surface area contributed by atoms with Gasteiger partial charge in [0.2, 0.25) is 0 Å². The summed E-state index contributed by atoms with van der Waals surface area (Å²) in [5, 5.41) is 9.41. The number of nitrogens with two attached hydrogens (primary N) is 1. The second-order valence-electron chi connectivity index (χ2n) is 5.51. The van der Waals surface area contributed by atoms with Gasteiger partial charge in [0, 0.05) is 17.6 Å². The predicted octanol–water partition coefficient (Wildman–Crippen LogP) is 3.36. The SMILES string of the molecule is Nc1ccc(Sc2nnc(C3CC3)n2C2CC2)c(F)c1. The highest BCUT2D eigenvalue weighted by molar-refractivity contribution is 7.99. The van der Waals surface area contributed by atoms with Crippen LogP contribution in [0.4, 0.5) is 10.1 Å². The van der Waals surface area contributed by atoms with E-state index in [4.69, 9.17) is 5.73 Å². The van der Waals surface area contributed by atoms with Gasteiger partial charge in [0.05, 0.1) is 4.90 Å². The van der Waals surface area contributed by atoms with E-state index in [-0.39, 0.29) is 5.82 Å². The smallest absolute Gasteiger partial charge is 0.196 e. The zero-order chi connectivity index (χ0) is 13.7. The Morgan fingerprint density at radius 3 is 2.65 bits per heavy atom. The highest BCUT2D eigenvalue weighted by Crippen LogP contribution is 2.46. The van der Waals surface area contributed by atoms with Gasteiger partial charge in [0.25, 0.3) is 0 Å². The topological polar surface area (TPSA) is 56.7 Å². The van der Waals surface area contributed by atoms with Crippen molar-refractivity contribution in [3.8, 4) is 0 Å². The molecule has 0 saturated heterocycles. The van der Waals surface area contributed by atoms with Gasteiger partial charge in [-0.1, -0.05) is 0 Å². The molecular weight excluding hydrogens is 275 g/mol. The lowest BCUT2D eigenvalue weighted by molar-refractivity contribution is 0.599. The molecule has 0 unspecified atom stereocenters. The van der Waals surface area contributed by atoms with Crippen LogP contribution in [0.5, 0.6) is 0 Å². The van der Waals surface area contributed by atoms with Crippen molar-refractivity contribution in [2.45, 2.75) is 47.7 Å². The van der Waals surface area contributed by atoms with E-state index in [9.17, 15) is 4.39 Å². The molecule has 20 heavy (non-hydrogen) atoms. The van der Waals surface area contributed by atoms with E-state index >= 15 is 0 Å². The summed E-state index contributed by atoms with van der Waals surface area (Å²) in [7, 11) is 0. The van der Waals surface area contributed by atoms with Gasteiger partial charge in [0.1, 0.15) is 11.6 Å². The number of halogens is 1. The Hall–Kier alpha value is -1.56. The van der Waals surface area contributed by atoms with E-state index in [1.165, 1.54) is 43.5 Å². The maximum absolute atomic E-state index is 13.9. The van der Waals surface area contributed by atoms with Crippen LogP contribution in [0.25, 0.3) is 0 Å². The van der Waals surface area contributed by atoms with E-state index in [0.717, 1.165) is 11.0 Å². The van der Waals surface area contributed by atoms with Crippen LogP contribution in [-0.4, -0.2) is 14.8 Å². The minimum atomic E-state index is -0.298. The maximum atomic E-state index is 13.9. The molecule has 4 nitrogen and oxygen atoms in total. The molecule has 0 atom stereocenters. The molecule has 1 heterocycles. The molecule has 2 aliphatic rings. The van der Waals surface area contributed by atoms with Gasteiger partial charge in [-0.3, -0.25) is 0 Å². The summed E-state index contributed by atoms with van der Waals surface area (Å²) >= 11 is 1.34. The lowest BCUT2D eigenvalue weighted by atomic mass is 10.3. The molecule has 2 fully saturated rings. The first-order valence-electron chi connectivity index (χ1n) is 6.90. The molecule has 0 spiro atoms. The highest BCUT2D eigenvalue weighted by atomic mass is 32.2. The van der Waals surface area contributed by atoms with Crippen LogP contribution in [0.1, 0.15) is 43.5 Å². The summed E-state index contributed by atoms with van der Waals surface area (Å²) in [6.07, 6.45) is 4.75. The summed E-state index contributed by atoms with van der Waals surface area (Å²) in [5.41, 5.74) is 6.02.